The van der Waals surface area contributed by atoms with Gasteiger partial charge in [0.2, 0.25) is 0 Å². The van der Waals surface area contributed by atoms with Crippen LogP contribution in [0.15, 0.2) is 10.5 Å². The topological polar surface area (TPSA) is 114 Å². The van der Waals surface area contributed by atoms with Crippen LogP contribution in [0.2, 0.25) is 0 Å². The zero-order valence-electron chi connectivity index (χ0n) is 11.5. The fraction of sp³-hybridized carbons (Fsp3) is 0.385. The van der Waals surface area contributed by atoms with E-state index in [0.29, 0.717) is 4.47 Å². The molecule has 0 radical (unpaired) electrons. The Morgan fingerprint density at radius 1 is 1.59 bits per heavy atom. The number of nitrogen functional groups attached to an aromatic ring is 1. The molecule has 1 aromatic carbocycles. The predicted octanol–water partition coefficient (Wildman–Crippen LogP) is 1.20. The number of halogens is 2. The van der Waals surface area contributed by atoms with E-state index in [4.69, 9.17) is 16.1 Å². The number of piperazine rings is 1. The number of aliphatic hydroxyl groups excluding tert-OH is 1. The maximum absolute atomic E-state index is 14.5. The highest BCUT2D eigenvalue weighted by molar-refractivity contribution is 9.10. The van der Waals surface area contributed by atoms with Crippen molar-refractivity contribution in [3.63, 3.8) is 0 Å². The van der Waals surface area contributed by atoms with Crippen molar-refractivity contribution in [1.82, 2.24) is 4.90 Å². The number of amides is 1. The smallest absolute Gasteiger partial charge is 0.407 e. The van der Waals surface area contributed by atoms with Gasteiger partial charge in [0, 0.05) is 24.1 Å². The number of rotatable bonds is 2. The van der Waals surface area contributed by atoms with Crippen LogP contribution in [0.1, 0.15) is 5.56 Å². The predicted molar refractivity (Wildman–Crippen MR) is 81.0 cm³/mol. The second kappa shape index (κ2) is 6.37. The van der Waals surface area contributed by atoms with E-state index >= 15 is 0 Å². The molecule has 9 heteroatoms. The molecule has 1 heterocycles. The SMILES string of the molecule is N#Cc1c(N)cc(Br)c(N2CCN(C(=O)O)C(CO)C2)c1F. The highest BCUT2D eigenvalue weighted by Crippen LogP contribution is 2.35. The number of carbonyl (C=O) groups is 1. The lowest BCUT2D eigenvalue weighted by Crippen LogP contribution is -2.56. The summed E-state index contributed by atoms with van der Waals surface area (Å²) in [5.41, 5.74) is 5.53. The standard InChI is InChI=1S/C13H14BrFN4O3/c14-9-3-10(17)8(4-16)11(15)12(9)18-1-2-19(13(21)22)7(5-18)6-20/h3,7,20H,1-2,5-6,17H2,(H,21,22). The van der Waals surface area contributed by atoms with Gasteiger partial charge in [0.05, 0.1) is 24.0 Å². The Morgan fingerprint density at radius 3 is 2.82 bits per heavy atom. The Labute approximate surface area is 134 Å². The van der Waals surface area contributed by atoms with Crippen molar-refractivity contribution < 1.29 is 19.4 Å². The van der Waals surface area contributed by atoms with Crippen LogP contribution in [0, 0.1) is 17.1 Å². The normalized spacial score (nSPS) is 18.2. The average molecular weight is 373 g/mol. The number of nitriles is 1. The first-order valence-corrected chi connectivity index (χ1v) is 7.23. The van der Waals surface area contributed by atoms with Crippen LogP contribution in [0.4, 0.5) is 20.6 Å². The molecule has 1 aliphatic heterocycles. The summed E-state index contributed by atoms with van der Waals surface area (Å²) in [6.07, 6.45) is -1.13. The van der Waals surface area contributed by atoms with Gasteiger partial charge in [-0.1, -0.05) is 0 Å². The molecule has 2 rings (SSSR count). The Hall–Kier alpha value is -2.05. The summed E-state index contributed by atoms with van der Waals surface area (Å²) in [5.74, 6) is -0.755. The maximum Gasteiger partial charge on any atom is 0.407 e. The van der Waals surface area contributed by atoms with Gasteiger partial charge in [0.1, 0.15) is 11.6 Å². The highest BCUT2D eigenvalue weighted by Gasteiger charge is 2.32. The van der Waals surface area contributed by atoms with Crippen LogP contribution in [0.25, 0.3) is 0 Å². The van der Waals surface area contributed by atoms with Crippen molar-refractivity contribution in [1.29, 1.82) is 5.26 Å². The van der Waals surface area contributed by atoms with Gasteiger partial charge in [0.25, 0.3) is 0 Å². The van der Waals surface area contributed by atoms with Gasteiger partial charge in [-0.25, -0.2) is 9.18 Å². The summed E-state index contributed by atoms with van der Waals surface area (Å²) >= 11 is 3.22. The van der Waals surface area contributed by atoms with Gasteiger partial charge in [-0.2, -0.15) is 5.26 Å². The number of hydrogen-bond acceptors (Lipinski definition) is 5. The number of benzene rings is 1. The van der Waals surface area contributed by atoms with Gasteiger partial charge in [-0.15, -0.1) is 0 Å². The minimum absolute atomic E-state index is 0.0264. The van der Waals surface area contributed by atoms with Crippen LogP contribution in [-0.4, -0.2) is 53.5 Å². The summed E-state index contributed by atoms with van der Waals surface area (Å²) in [7, 11) is 0. The lowest BCUT2D eigenvalue weighted by atomic mass is 10.1. The van der Waals surface area contributed by atoms with E-state index in [-0.39, 0.29) is 43.2 Å². The summed E-state index contributed by atoms with van der Waals surface area (Å²) in [4.78, 5) is 13.8. The molecule has 118 valence electrons. The van der Waals surface area contributed by atoms with E-state index < -0.39 is 18.0 Å². The first kappa shape index (κ1) is 16.3. The van der Waals surface area contributed by atoms with Crippen LogP contribution < -0.4 is 10.6 Å². The van der Waals surface area contributed by atoms with E-state index in [1.165, 1.54) is 6.07 Å². The van der Waals surface area contributed by atoms with Crippen LogP contribution in [0.3, 0.4) is 0 Å². The van der Waals surface area contributed by atoms with Crippen LogP contribution in [0.5, 0.6) is 0 Å². The molecule has 0 aliphatic carbocycles. The number of nitrogens with zero attached hydrogens (tertiary/aromatic N) is 3. The van der Waals surface area contributed by atoms with Crippen molar-refractivity contribution in [2.24, 2.45) is 0 Å². The van der Waals surface area contributed by atoms with Gasteiger partial charge in [0.15, 0.2) is 5.82 Å². The zero-order valence-corrected chi connectivity index (χ0v) is 13.0. The molecule has 1 atom stereocenters. The van der Waals surface area contributed by atoms with Crippen molar-refractivity contribution in [2.75, 3.05) is 36.9 Å². The van der Waals surface area contributed by atoms with E-state index in [1.807, 2.05) is 0 Å². The molecule has 1 aliphatic rings. The molecule has 0 spiro atoms. The van der Waals surface area contributed by atoms with Gasteiger partial charge < -0.3 is 20.8 Å². The van der Waals surface area contributed by atoms with Gasteiger partial charge in [-0.05, 0) is 22.0 Å². The van der Waals surface area contributed by atoms with Crippen LogP contribution in [-0.2, 0) is 0 Å². The molecular formula is C13H14BrFN4O3. The minimum atomic E-state index is -1.13. The molecule has 0 saturated carbocycles. The Balaban J connectivity index is 2.38. The maximum atomic E-state index is 14.5. The molecule has 7 nitrogen and oxygen atoms in total. The average Bonchev–Trinajstić information content (AvgIpc) is 2.46. The van der Waals surface area contributed by atoms with Crippen molar-refractivity contribution in [3.8, 4) is 6.07 Å². The van der Waals surface area contributed by atoms with Gasteiger partial charge in [-0.3, -0.25) is 4.90 Å². The fourth-order valence-electron chi connectivity index (χ4n) is 2.50. The highest BCUT2D eigenvalue weighted by atomic mass is 79.9. The molecule has 4 N–H and O–H groups in total. The quantitative estimate of drug-likeness (QED) is 0.672. The molecule has 1 fully saturated rings. The largest absolute Gasteiger partial charge is 0.465 e. The van der Waals surface area contributed by atoms with E-state index in [9.17, 15) is 14.3 Å². The number of aliphatic hydroxyl groups is 1. The third-order valence-corrected chi connectivity index (χ3v) is 4.20. The van der Waals surface area contributed by atoms with Crippen molar-refractivity contribution >= 4 is 33.4 Å². The summed E-state index contributed by atoms with van der Waals surface area (Å²) < 4.78 is 14.9. The first-order chi connectivity index (χ1) is 10.4. The number of carboxylic acid groups (broad SMARTS) is 1. The lowest BCUT2D eigenvalue weighted by molar-refractivity contribution is 0.0909. The Morgan fingerprint density at radius 2 is 2.27 bits per heavy atom. The second-order valence-electron chi connectivity index (χ2n) is 4.86. The summed E-state index contributed by atoms with van der Waals surface area (Å²) in [5, 5.41) is 27.4. The van der Waals surface area contributed by atoms with E-state index in [1.54, 1.807) is 11.0 Å². The van der Waals surface area contributed by atoms with Crippen molar-refractivity contribution in [2.45, 2.75) is 6.04 Å². The first-order valence-electron chi connectivity index (χ1n) is 6.43. The molecule has 0 aromatic heterocycles. The molecule has 22 heavy (non-hydrogen) atoms. The Kier molecular flexibility index (Phi) is 4.73. The molecule has 1 amide bonds. The number of hydrogen-bond donors (Lipinski definition) is 3. The van der Waals surface area contributed by atoms with Crippen LogP contribution >= 0.6 is 15.9 Å². The van der Waals surface area contributed by atoms with E-state index in [2.05, 4.69) is 15.9 Å². The summed E-state index contributed by atoms with van der Waals surface area (Å²) in [6.45, 7) is 0.112. The van der Waals surface area contributed by atoms with Gasteiger partial charge >= 0.3 is 6.09 Å². The van der Waals surface area contributed by atoms with Crippen molar-refractivity contribution in [3.05, 3.63) is 21.9 Å². The third kappa shape index (κ3) is 2.80. The fourth-order valence-corrected chi connectivity index (χ4v) is 3.17. The molecular weight excluding hydrogens is 359 g/mol. The monoisotopic (exact) mass is 372 g/mol. The Bertz CT molecular complexity index is 649. The van der Waals surface area contributed by atoms with E-state index in [0.717, 1.165) is 4.90 Å². The second-order valence-corrected chi connectivity index (χ2v) is 5.71. The molecule has 0 bridgehead atoms. The number of anilines is 2. The molecule has 1 aromatic rings. The number of nitrogens with two attached hydrogens (primary N) is 1. The molecule has 1 unspecified atom stereocenters. The molecule has 1 saturated heterocycles. The third-order valence-electron chi connectivity index (χ3n) is 3.59. The zero-order chi connectivity index (χ0) is 16.4. The lowest BCUT2D eigenvalue weighted by Gasteiger charge is -2.40. The summed E-state index contributed by atoms with van der Waals surface area (Å²) in [6, 6.07) is 2.49. The minimum Gasteiger partial charge on any atom is -0.465 e.